The Hall–Kier alpha value is -2.86. The van der Waals surface area contributed by atoms with Gasteiger partial charge in [0.2, 0.25) is 0 Å². The second-order valence-electron chi connectivity index (χ2n) is 7.81. The summed E-state index contributed by atoms with van der Waals surface area (Å²) in [5, 5.41) is 9.74. The fraction of sp³-hybridized carbons (Fsp3) is 0.440. The number of aliphatic imine (C=N–C) groups is 1. The second kappa shape index (κ2) is 12.1. The number of amides is 1. The van der Waals surface area contributed by atoms with Gasteiger partial charge >= 0.3 is 0 Å². The molecule has 0 spiro atoms. The molecular weight excluding hydrogens is 386 g/mol. The number of nitrogens with zero attached hydrogens (tertiary/aromatic N) is 2. The van der Waals surface area contributed by atoms with Crippen LogP contribution in [0.5, 0.6) is 0 Å². The third-order valence-electron chi connectivity index (χ3n) is 5.52. The van der Waals surface area contributed by atoms with E-state index < -0.39 is 0 Å². The summed E-state index contributed by atoms with van der Waals surface area (Å²) in [4.78, 5) is 19.4. The van der Waals surface area contributed by atoms with Crippen LogP contribution in [0, 0.1) is 0 Å². The van der Waals surface area contributed by atoms with Crippen molar-refractivity contribution >= 4 is 11.9 Å². The van der Waals surface area contributed by atoms with Crippen LogP contribution in [0.4, 0.5) is 0 Å². The van der Waals surface area contributed by atoms with Gasteiger partial charge in [-0.3, -0.25) is 9.69 Å². The molecule has 0 radical (unpaired) electrons. The molecule has 0 aliphatic carbocycles. The van der Waals surface area contributed by atoms with E-state index in [4.69, 9.17) is 4.99 Å². The third-order valence-corrected chi connectivity index (χ3v) is 5.52. The van der Waals surface area contributed by atoms with Gasteiger partial charge in [0, 0.05) is 25.2 Å². The Balaban J connectivity index is 1.67. The van der Waals surface area contributed by atoms with E-state index in [1.54, 1.807) is 0 Å². The van der Waals surface area contributed by atoms with Gasteiger partial charge in [0.1, 0.15) is 0 Å². The van der Waals surface area contributed by atoms with E-state index in [1.807, 2.05) is 31.2 Å². The zero-order chi connectivity index (χ0) is 21.9. The fourth-order valence-electron chi connectivity index (χ4n) is 3.97. The molecule has 31 heavy (non-hydrogen) atoms. The average molecular weight is 422 g/mol. The molecule has 1 aliphatic rings. The lowest BCUT2D eigenvalue weighted by molar-refractivity contribution is 0.0955. The number of hydrogen-bond acceptors (Lipinski definition) is 3. The Morgan fingerprint density at radius 3 is 2.42 bits per heavy atom. The van der Waals surface area contributed by atoms with Crippen molar-refractivity contribution in [3.8, 4) is 0 Å². The van der Waals surface area contributed by atoms with Gasteiger partial charge in [-0.1, -0.05) is 42.5 Å². The van der Waals surface area contributed by atoms with Crippen LogP contribution >= 0.6 is 0 Å². The number of likely N-dealkylation sites (tertiary alicyclic amines) is 1. The van der Waals surface area contributed by atoms with Crippen LogP contribution < -0.4 is 16.0 Å². The number of carbonyl (C=O) groups is 1. The molecule has 166 valence electrons. The van der Waals surface area contributed by atoms with Crippen molar-refractivity contribution < 1.29 is 4.79 Å². The molecule has 3 N–H and O–H groups in total. The molecule has 6 heteroatoms. The van der Waals surface area contributed by atoms with Crippen molar-refractivity contribution in [3.05, 3.63) is 71.3 Å². The van der Waals surface area contributed by atoms with E-state index in [2.05, 4.69) is 58.1 Å². The van der Waals surface area contributed by atoms with Gasteiger partial charge in [0.25, 0.3) is 5.91 Å². The smallest absolute Gasteiger partial charge is 0.251 e. The molecule has 2 aromatic rings. The maximum Gasteiger partial charge on any atom is 0.251 e. The predicted molar refractivity (Wildman–Crippen MR) is 127 cm³/mol. The molecule has 3 rings (SSSR count). The highest BCUT2D eigenvalue weighted by Gasteiger charge is 2.23. The average Bonchev–Trinajstić information content (AvgIpc) is 3.33. The van der Waals surface area contributed by atoms with Crippen LogP contribution in [0.15, 0.2) is 59.6 Å². The molecule has 6 nitrogen and oxygen atoms in total. The maximum atomic E-state index is 12.1. The van der Waals surface area contributed by atoms with Crippen LogP contribution in [0.2, 0.25) is 0 Å². The summed E-state index contributed by atoms with van der Waals surface area (Å²) < 4.78 is 0. The first-order valence-corrected chi connectivity index (χ1v) is 11.4. The lowest BCUT2D eigenvalue weighted by atomic mass is 10.1. The lowest BCUT2D eigenvalue weighted by Gasteiger charge is -2.29. The van der Waals surface area contributed by atoms with Crippen molar-refractivity contribution in [3.63, 3.8) is 0 Å². The third kappa shape index (κ3) is 6.82. The monoisotopic (exact) mass is 421 g/mol. The largest absolute Gasteiger partial charge is 0.357 e. The van der Waals surface area contributed by atoms with Gasteiger partial charge < -0.3 is 16.0 Å². The minimum Gasteiger partial charge on any atom is -0.357 e. The normalized spacial score (nSPS) is 15.5. The van der Waals surface area contributed by atoms with E-state index in [9.17, 15) is 4.79 Å². The van der Waals surface area contributed by atoms with Crippen LogP contribution in [0.1, 0.15) is 54.2 Å². The van der Waals surface area contributed by atoms with Crippen LogP contribution in [0.25, 0.3) is 0 Å². The molecule has 2 aromatic carbocycles. The summed E-state index contributed by atoms with van der Waals surface area (Å²) in [5.41, 5.74) is 3.02. The molecule has 1 fully saturated rings. The Morgan fingerprint density at radius 1 is 0.968 bits per heavy atom. The predicted octanol–water partition coefficient (Wildman–Crippen LogP) is 3.33. The summed E-state index contributed by atoms with van der Waals surface area (Å²) >= 11 is 0. The van der Waals surface area contributed by atoms with Crippen molar-refractivity contribution in [1.82, 2.24) is 20.9 Å². The van der Waals surface area contributed by atoms with Gasteiger partial charge in [-0.15, -0.1) is 0 Å². The molecule has 1 heterocycles. The quantitative estimate of drug-likeness (QED) is 0.429. The Kier molecular flexibility index (Phi) is 8.91. The van der Waals surface area contributed by atoms with Gasteiger partial charge in [-0.25, -0.2) is 4.99 Å². The summed E-state index contributed by atoms with van der Waals surface area (Å²) in [5.74, 6) is 0.751. The number of benzene rings is 2. The molecule has 0 bridgehead atoms. The second-order valence-corrected chi connectivity index (χ2v) is 7.81. The van der Waals surface area contributed by atoms with Crippen LogP contribution in [-0.2, 0) is 6.54 Å². The molecule has 1 atom stereocenters. The van der Waals surface area contributed by atoms with Gasteiger partial charge in [-0.2, -0.15) is 0 Å². The minimum absolute atomic E-state index is 0.0466. The highest BCUT2D eigenvalue weighted by Crippen LogP contribution is 2.24. The maximum absolute atomic E-state index is 12.1. The standard InChI is InChI=1S/C25H35N5O/c1-3-26-24(31)22-14-10-11-20(17-22)18-28-25(27-4-2)29-19-23(30-15-8-9-16-30)21-12-6-5-7-13-21/h5-7,10-14,17,23H,3-4,8-9,15-16,18-19H2,1-2H3,(H,26,31)(H2,27,28,29). The van der Waals surface area contributed by atoms with Crippen molar-refractivity contribution in [2.75, 3.05) is 32.7 Å². The number of nitrogens with one attached hydrogen (secondary N) is 3. The minimum atomic E-state index is -0.0466. The van der Waals surface area contributed by atoms with Crippen molar-refractivity contribution in [2.45, 2.75) is 39.3 Å². The number of rotatable bonds is 9. The summed E-state index contributed by atoms with van der Waals surface area (Å²) in [6.45, 7) is 9.01. The Labute approximate surface area is 186 Å². The van der Waals surface area contributed by atoms with Gasteiger partial charge in [-0.05, 0) is 63.0 Å². The van der Waals surface area contributed by atoms with E-state index in [0.717, 1.165) is 37.7 Å². The van der Waals surface area contributed by atoms with Crippen LogP contribution in [0.3, 0.4) is 0 Å². The van der Waals surface area contributed by atoms with E-state index in [-0.39, 0.29) is 5.91 Å². The lowest BCUT2D eigenvalue weighted by Crippen LogP contribution is -2.42. The highest BCUT2D eigenvalue weighted by molar-refractivity contribution is 5.94. The molecule has 0 aromatic heterocycles. The number of guanidine groups is 1. The molecule has 1 aliphatic heterocycles. The topological polar surface area (TPSA) is 68.8 Å². The molecule has 1 saturated heterocycles. The first-order valence-electron chi connectivity index (χ1n) is 11.4. The number of hydrogen-bond donors (Lipinski definition) is 3. The first kappa shape index (κ1) is 22.8. The van der Waals surface area contributed by atoms with E-state index in [0.29, 0.717) is 24.7 Å². The van der Waals surface area contributed by atoms with Gasteiger partial charge in [0.15, 0.2) is 5.96 Å². The zero-order valence-corrected chi connectivity index (χ0v) is 18.7. The summed E-state index contributed by atoms with van der Waals surface area (Å²) in [6.07, 6.45) is 2.53. The Bertz CT molecular complexity index is 846. The van der Waals surface area contributed by atoms with E-state index >= 15 is 0 Å². The summed E-state index contributed by atoms with van der Waals surface area (Å²) in [6, 6.07) is 18.7. The highest BCUT2D eigenvalue weighted by atomic mass is 16.1. The molecular formula is C25H35N5O. The first-order chi connectivity index (χ1) is 15.2. The molecule has 0 saturated carbocycles. The van der Waals surface area contributed by atoms with Crippen molar-refractivity contribution in [1.29, 1.82) is 0 Å². The van der Waals surface area contributed by atoms with Crippen LogP contribution in [-0.4, -0.2) is 49.5 Å². The fourth-order valence-corrected chi connectivity index (χ4v) is 3.97. The van der Waals surface area contributed by atoms with Gasteiger partial charge in [0.05, 0.1) is 12.6 Å². The zero-order valence-electron chi connectivity index (χ0n) is 18.7. The van der Waals surface area contributed by atoms with Crippen molar-refractivity contribution in [2.24, 2.45) is 4.99 Å². The molecule has 1 unspecified atom stereocenters. The van der Waals surface area contributed by atoms with E-state index in [1.165, 1.54) is 18.4 Å². The molecule has 1 amide bonds. The Morgan fingerprint density at radius 2 is 1.71 bits per heavy atom. The number of carbonyl (C=O) groups excluding carboxylic acids is 1. The SMILES string of the molecule is CCNC(=O)c1cccc(CN=C(NCC)NCC(c2ccccc2)N2CCCC2)c1. The summed E-state index contributed by atoms with van der Waals surface area (Å²) in [7, 11) is 0.